The van der Waals surface area contributed by atoms with Crippen molar-refractivity contribution in [2.45, 2.75) is 26.9 Å². The average molecular weight is 349 g/mol. The van der Waals surface area contributed by atoms with E-state index in [4.69, 9.17) is 8.83 Å². The first-order valence-electron chi connectivity index (χ1n) is 8.20. The molecule has 0 aromatic carbocycles. The molecule has 0 saturated heterocycles. The lowest BCUT2D eigenvalue weighted by molar-refractivity contribution is -0.117. The van der Waals surface area contributed by atoms with Crippen LogP contribution in [0.15, 0.2) is 57.3 Å². The van der Waals surface area contributed by atoms with Crippen molar-refractivity contribution in [3.8, 4) is 6.07 Å². The molecule has 3 aromatic rings. The Morgan fingerprint density at radius 1 is 1.23 bits per heavy atom. The van der Waals surface area contributed by atoms with Gasteiger partial charge < -0.3 is 18.7 Å². The summed E-state index contributed by atoms with van der Waals surface area (Å²) in [4.78, 5) is 12.3. The number of furan rings is 2. The zero-order chi connectivity index (χ0) is 18.5. The third-order valence-corrected chi connectivity index (χ3v) is 4.18. The summed E-state index contributed by atoms with van der Waals surface area (Å²) in [7, 11) is 0. The second kappa shape index (κ2) is 7.62. The molecular formula is C20H19N3O3. The van der Waals surface area contributed by atoms with Crippen molar-refractivity contribution in [3.63, 3.8) is 0 Å². The van der Waals surface area contributed by atoms with E-state index in [1.54, 1.807) is 24.5 Å². The highest BCUT2D eigenvalue weighted by molar-refractivity contribution is 6.01. The maximum Gasteiger partial charge on any atom is 0.262 e. The van der Waals surface area contributed by atoms with E-state index >= 15 is 0 Å². The van der Waals surface area contributed by atoms with Crippen LogP contribution in [0, 0.1) is 25.2 Å². The van der Waals surface area contributed by atoms with Gasteiger partial charge in [0.1, 0.15) is 23.2 Å². The third kappa shape index (κ3) is 3.78. The molecule has 0 aliphatic heterocycles. The van der Waals surface area contributed by atoms with Crippen LogP contribution in [0.1, 0.15) is 28.5 Å². The molecule has 0 bridgehead atoms. The number of nitrogens with zero attached hydrogens (tertiary/aromatic N) is 2. The van der Waals surface area contributed by atoms with Gasteiger partial charge in [-0.05, 0) is 55.8 Å². The van der Waals surface area contributed by atoms with Gasteiger partial charge in [0.15, 0.2) is 0 Å². The number of hydrogen-bond acceptors (Lipinski definition) is 4. The van der Waals surface area contributed by atoms with E-state index in [0.717, 1.165) is 22.7 Å². The van der Waals surface area contributed by atoms with Crippen molar-refractivity contribution in [3.05, 3.63) is 76.9 Å². The van der Waals surface area contributed by atoms with E-state index < -0.39 is 5.91 Å². The van der Waals surface area contributed by atoms with Gasteiger partial charge in [-0.3, -0.25) is 4.79 Å². The fourth-order valence-electron chi connectivity index (χ4n) is 2.76. The zero-order valence-corrected chi connectivity index (χ0v) is 14.7. The fourth-order valence-corrected chi connectivity index (χ4v) is 2.76. The Morgan fingerprint density at radius 3 is 2.54 bits per heavy atom. The highest BCUT2D eigenvalue weighted by atomic mass is 16.3. The number of nitriles is 1. The van der Waals surface area contributed by atoms with Gasteiger partial charge in [-0.1, -0.05) is 0 Å². The van der Waals surface area contributed by atoms with Crippen LogP contribution in [-0.4, -0.2) is 10.5 Å². The Hall–Kier alpha value is -3.46. The molecule has 3 rings (SSSR count). The molecule has 0 fully saturated rings. The second-order valence-corrected chi connectivity index (χ2v) is 5.92. The van der Waals surface area contributed by atoms with Crippen molar-refractivity contribution in [1.29, 1.82) is 5.26 Å². The van der Waals surface area contributed by atoms with Gasteiger partial charge in [-0.2, -0.15) is 5.26 Å². The minimum atomic E-state index is -0.431. The van der Waals surface area contributed by atoms with E-state index in [9.17, 15) is 10.1 Å². The van der Waals surface area contributed by atoms with Crippen LogP contribution in [0.25, 0.3) is 6.08 Å². The van der Waals surface area contributed by atoms with Crippen LogP contribution in [-0.2, 0) is 17.9 Å². The molecule has 0 aliphatic rings. The third-order valence-electron chi connectivity index (χ3n) is 4.18. The van der Waals surface area contributed by atoms with Crippen LogP contribution in [0.3, 0.4) is 0 Å². The molecule has 0 saturated carbocycles. The maximum atomic E-state index is 12.3. The van der Waals surface area contributed by atoms with Crippen LogP contribution < -0.4 is 5.32 Å². The topological polar surface area (TPSA) is 84.1 Å². The molecule has 1 amide bonds. The molecule has 1 N–H and O–H groups in total. The first kappa shape index (κ1) is 17.4. The molecule has 3 heterocycles. The molecule has 0 atom stereocenters. The zero-order valence-electron chi connectivity index (χ0n) is 14.7. The Kier molecular flexibility index (Phi) is 5.09. The van der Waals surface area contributed by atoms with Gasteiger partial charge in [0, 0.05) is 11.4 Å². The van der Waals surface area contributed by atoms with Crippen LogP contribution in [0.5, 0.6) is 0 Å². The fraction of sp³-hybridized carbons (Fsp3) is 0.200. The van der Waals surface area contributed by atoms with Crippen molar-refractivity contribution < 1.29 is 13.6 Å². The molecule has 3 aromatic heterocycles. The minimum absolute atomic E-state index is 0.0507. The summed E-state index contributed by atoms with van der Waals surface area (Å²) in [5, 5.41) is 12.1. The number of rotatable bonds is 6. The summed E-state index contributed by atoms with van der Waals surface area (Å²) in [6.45, 7) is 4.78. The monoisotopic (exact) mass is 349 g/mol. The quantitative estimate of drug-likeness (QED) is 0.545. The van der Waals surface area contributed by atoms with Crippen molar-refractivity contribution >= 4 is 12.0 Å². The van der Waals surface area contributed by atoms with Gasteiger partial charge in [-0.25, -0.2) is 0 Å². The number of hydrogen-bond donors (Lipinski definition) is 1. The summed E-state index contributed by atoms with van der Waals surface area (Å²) in [5.74, 6) is 1.05. The van der Waals surface area contributed by atoms with E-state index in [2.05, 4.69) is 9.88 Å². The molecule has 132 valence electrons. The second-order valence-electron chi connectivity index (χ2n) is 5.92. The summed E-state index contributed by atoms with van der Waals surface area (Å²) >= 11 is 0. The summed E-state index contributed by atoms with van der Waals surface area (Å²) < 4.78 is 12.7. The van der Waals surface area contributed by atoms with E-state index in [0.29, 0.717) is 12.3 Å². The smallest absolute Gasteiger partial charge is 0.262 e. The molecule has 0 aliphatic carbocycles. The Labute approximate surface area is 151 Å². The Bertz CT molecular complexity index is 955. The van der Waals surface area contributed by atoms with Crippen LogP contribution in [0.2, 0.25) is 0 Å². The molecule has 6 nitrogen and oxygen atoms in total. The summed E-state index contributed by atoms with van der Waals surface area (Å²) in [6, 6.07) is 11.2. The number of aromatic nitrogens is 1. The van der Waals surface area contributed by atoms with Crippen molar-refractivity contribution in [1.82, 2.24) is 9.88 Å². The van der Waals surface area contributed by atoms with Gasteiger partial charge in [0.2, 0.25) is 0 Å². The predicted octanol–water partition coefficient (Wildman–Crippen LogP) is 3.56. The molecule has 0 spiro atoms. The normalized spacial score (nSPS) is 11.3. The van der Waals surface area contributed by atoms with E-state index in [-0.39, 0.29) is 12.1 Å². The predicted molar refractivity (Wildman–Crippen MR) is 95.9 cm³/mol. The number of carbonyl (C=O) groups excluding carboxylic acids is 1. The SMILES string of the molecule is Cc1cc(/C=C(/C#N)C(=O)NCc2ccco2)c(C)n1Cc1ccco1. The molecule has 0 unspecified atom stereocenters. The van der Waals surface area contributed by atoms with E-state index in [1.165, 1.54) is 6.26 Å². The standard InChI is InChI=1S/C20H19N3O3/c1-14-9-16(15(2)23(14)13-19-6-4-8-26-19)10-17(11-21)20(24)22-12-18-5-3-7-25-18/h3-10H,12-13H2,1-2H3,(H,22,24)/b17-10-. The number of aryl methyl sites for hydroxylation is 1. The lowest BCUT2D eigenvalue weighted by Crippen LogP contribution is -2.23. The number of amides is 1. The van der Waals surface area contributed by atoms with Crippen molar-refractivity contribution in [2.75, 3.05) is 0 Å². The van der Waals surface area contributed by atoms with Gasteiger partial charge in [-0.15, -0.1) is 0 Å². The lowest BCUT2D eigenvalue weighted by atomic mass is 10.1. The highest BCUT2D eigenvalue weighted by Gasteiger charge is 2.14. The lowest BCUT2D eigenvalue weighted by Gasteiger charge is -2.07. The molecule has 0 radical (unpaired) electrons. The minimum Gasteiger partial charge on any atom is -0.467 e. The largest absolute Gasteiger partial charge is 0.467 e. The van der Waals surface area contributed by atoms with Gasteiger partial charge in [0.05, 0.1) is 25.6 Å². The van der Waals surface area contributed by atoms with Crippen LogP contribution in [0.4, 0.5) is 0 Å². The Balaban J connectivity index is 1.78. The van der Waals surface area contributed by atoms with E-state index in [1.807, 2.05) is 38.1 Å². The molecule has 6 heteroatoms. The summed E-state index contributed by atoms with van der Waals surface area (Å²) in [5.41, 5.74) is 2.87. The molecule has 26 heavy (non-hydrogen) atoms. The molecular weight excluding hydrogens is 330 g/mol. The summed E-state index contributed by atoms with van der Waals surface area (Å²) in [6.07, 6.45) is 4.79. The first-order valence-corrected chi connectivity index (χ1v) is 8.20. The Morgan fingerprint density at radius 2 is 1.92 bits per heavy atom. The van der Waals surface area contributed by atoms with Gasteiger partial charge >= 0.3 is 0 Å². The van der Waals surface area contributed by atoms with Crippen LogP contribution >= 0.6 is 0 Å². The highest BCUT2D eigenvalue weighted by Crippen LogP contribution is 2.20. The van der Waals surface area contributed by atoms with Crippen molar-refractivity contribution in [2.24, 2.45) is 0 Å². The average Bonchev–Trinajstić information content (AvgIpc) is 3.37. The maximum absolute atomic E-state index is 12.3. The first-order chi connectivity index (χ1) is 12.6. The van der Waals surface area contributed by atoms with Gasteiger partial charge in [0.25, 0.3) is 5.91 Å². The number of carbonyl (C=O) groups is 1. The number of nitrogens with one attached hydrogen (secondary N) is 1.